The second kappa shape index (κ2) is 11.8. The van der Waals surface area contributed by atoms with E-state index in [1.807, 2.05) is 11.0 Å². The van der Waals surface area contributed by atoms with E-state index in [1.54, 1.807) is 0 Å². The number of likely N-dealkylation sites (tertiary alicyclic amines) is 1. The van der Waals surface area contributed by atoms with Crippen LogP contribution < -0.4 is 10.6 Å². The van der Waals surface area contributed by atoms with Crippen LogP contribution in [0.4, 0.5) is 0 Å². The van der Waals surface area contributed by atoms with Crippen LogP contribution in [0, 0.1) is 0 Å². The van der Waals surface area contributed by atoms with E-state index in [0.29, 0.717) is 19.5 Å². The topological polar surface area (TPSA) is 75.2 Å². The van der Waals surface area contributed by atoms with Crippen LogP contribution in [-0.2, 0) is 27.4 Å². The van der Waals surface area contributed by atoms with Gasteiger partial charge in [0.1, 0.15) is 0 Å². The predicted molar refractivity (Wildman–Crippen MR) is 114 cm³/mol. The lowest BCUT2D eigenvalue weighted by Crippen LogP contribution is -2.38. The number of rotatable bonds is 10. The van der Waals surface area contributed by atoms with Gasteiger partial charge in [-0.15, -0.1) is 0 Å². The number of nitrogens with zero attached hydrogens (tertiary/aromatic N) is 2. The molecule has 1 aromatic carbocycles. The molecule has 1 amide bonds. The van der Waals surface area contributed by atoms with Crippen LogP contribution in [0.15, 0.2) is 29.3 Å². The van der Waals surface area contributed by atoms with Gasteiger partial charge in [-0.2, -0.15) is 0 Å². The van der Waals surface area contributed by atoms with Gasteiger partial charge in [-0.3, -0.25) is 4.79 Å². The van der Waals surface area contributed by atoms with Crippen LogP contribution in [0.3, 0.4) is 0 Å². The maximum absolute atomic E-state index is 11.8. The first-order valence-corrected chi connectivity index (χ1v) is 10.8. The highest BCUT2D eigenvalue weighted by Crippen LogP contribution is 2.15. The molecule has 1 unspecified atom stereocenters. The highest BCUT2D eigenvalue weighted by Gasteiger charge is 2.20. The largest absolute Gasteiger partial charge is 0.379 e. The van der Waals surface area contributed by atoms with Crippen molar-refractivity contribution in [3.8, 4) is 0 Å². The normalized spacial score (nSPS) is 19.8. The van der Waals surface area contributed by atoms with Crippen molar-refractivity contribution in [2.24, 2.45) is 4.99 Å². The van der Waals surface area contributed by atoms with Crippen molar-refractivity contribution < 1.29 is 14.3 Å². The summed E-state index contributed by atoms with van der Waals surface area (Å²) in [6.45, 7) is 8.14. The summed E-state index contributed by atoms with van der Waals surface area (Å²) in [6.07, 6.45) is 3.85. The van der Waals surface area contributed by atoms with Gasteiger partial charge in [-0.25, -0.2) is 4.99 Å². The molecule has 7 nitrogen and oxygen atoms in total. The summed E-state index contributed by atoms with van der Waals surface area (Å²) in [5.74, 6) is 1.08. The van der Waals surface area contributed by atoms with Gasteiger partial charge >= 0.3 is 0 Å². The lowest BCUT2D eigenvalue weighted by molar-refractivity contribution is -0.128. The number of nitrogens with one attached hydrogen (secondary N) is 2. The van der Waals surface area contributed by atoms with Crippen molar-refractivity contribution in [1.82, 2.24) is 15.5 Å². The average Bonchev–Trinajstić information content (AvgIpc) is 3.38. The van der Waals surface area contributed by atoms with Crippen molar-refractivity contribution >= 4 is 11.9 Å². The average molecular weight is 403 g/mol. The number of aliphatic imine (C=N–C) groups is 1. The third kappa shape index (κ3) is 7.33. The fourth-order valence-electron chi connectivity index (χ4n) is 3.60. The second-order valence-electron chi connectivity index (χ2n) is 7.57. The molecule has 0 radical (unpaired) electrons. The Morgan fingerprint density at radius 1 is 1.34 bits per heavy atom. The van der Waals surface area contributed by atoms with Crippen molar-refractivity contribution in [2.45, 2.75) is 51.8 Å². The number of carbonyl (C=O) groups excluding carboxylic acids is 1. The van der Waals surface area contributed by atoms with Gasteiger partial charge in [-0.05, 0) is 37.3 Å². The van der Waals surface area contributed by atoms with Crippen molar-refractivity contribution in [3.05, 3.63) is 35.4 Å². The fraction of sp³-hybridized carbons (Fsp3) is 0.636. The Morgan fingerprint density at radius 2 is 2.24 bits per heavy atom. The monoisotopic (exact) mass is 402 g/mol. The van der Waals surface area contributed by atoms with Crippen molar-refractivity contribution in [3.63, 3.8) is 0 Å². The van der Waals surface area contributed by atoms with Gasteiger partial charge in [0.05, 0.1) is 19.3 Å². The van der Waals surface area contributed by atoms with Gasteiger partial charge in [-0.1, -0.05) is 24.3 Å². The fourth-order valence-corrected chi connectivity index (χ4v) is 3.60. The summed E-state index contributed by atoms with van der Waals surface area (Å²) in [4.78, 5) is 18.5. The SMILES string of the molecule is CCNC(=NCc1cccc(CN2CCCC2=O)c1)NCCCOC1CCOC1. The Hall–Kier alpha value is -2.12. The number of carbonyl (C=O) groups is 1. The Morgan fingerprint density at radius 3 is 3.00 bits per heavy atom. The summed E-state index contributed by atoms with van der Waals surface area (Å²) in [5, 5.41) is 6.66. The lowest BCUT2D eigenvalue weighted by atomic mass is 10.1. The first-order chi connectivity index (χ1) is 14.2. The molecule has 2 heterocycles. The Bertz CT molecular complexity index is 674. The van der Waals surface area contributed by atoms with Crippen LogP contribution in [0.25, 0.3) is 0 Å². The maximum Gasteiger partial charge on any atom is 0.222 e. The van der Waals surface area contributed by atoms with Crippen LogP contribution in [-0.4, -0.2) is 62.3 Å². The molecule has 2 saturated heterocycles. The lowest BCUT2D eigenvalue weighted by Gasteiger charge is -2.16. The van der Waals surface area contributed by atoms with Crippen molar-refractivity contribution in [1.29, 1.82) is 0 Å². The van der Waals surface area contributed by atoms with Gasteiger partial charge in [0.25, 0.3) is 0 Å². The molecular formula is C22H34N4O3. The predicted octanol–water partition coefficient (Wildman–Crippen LogP) is 2.06. The van der Waals surface area contributed by atoms with Gasteiger partial charge in [0.15, 0.2) is 5.96 Å². The molecule has 0 spiro atoms. The van der Waals surface area contributed by atoms with E-state index >= 15 is 0 Å². The first-order valence-electron chi connectivity index (χ1n) is 10.8. The number of ether oxygens (including phenoxy) is 2. The van der Waals surface area contributed by atoms with E-state index in [1.165, 1.54) is 5.56 Å². The molecule has 29 heavy (non-hydrogen) atoms. The molecule has 2 N–H and O–H groups in total. The number of hydrogen-bond acceptors (Lipinski definition) is 4. The smallest absolute Gasteiger partial charge is 0.222 e. The van der Waals surface area contributed by atoms with Crippen LogP contribution in [0.2, 0.25) is 0 Å². The molecule has 0 saturated carbocycles. The number of benzene rings is 1. The summed E-state index contributed by atoms with van der Waals surface area (Å²) >= 11 is 0. The third-order valence-electron chi connectivity index (χ3n) is 5.16. The molecule has 2 aliphatic rings. The van der Waals surface area contributed by atoms with Crippen LogP contribution in [0.1, 0.15) is 43.7 Å². The van der Waals surface area contributed by atoms with Gasteiger partial charge in [0, 0.05) is 45.8 Å². The van der Waals surface area contributed by atoms with E-state index in [0.717, 1.165) is 70.2 Å². The highest BCUT2D eigenvalue weighted by atomic mass is 16.5. The molecule has 7 heteroatoms. The van der Waals surface area contributed by atoms with E-state index in [2.05, 4.69) is 35.8 Å². The quantitative estimate of drug-likeness (QED) is 0.356. The van der Waals surface area contributed by atoms with E-state index in [-0.39, 0.29) is 12.0 Å². The zero-order valence-corrected chi connectivity index (χ0v) is 17.5. The minimum Gasteiger partial charge on any atom is -0.379 e. The molecule has 1 aromatic rings. The summed E-state index contributed by atoms with van der Waals surface area (Å²) < 4.78 is 11.1. The Kier molecular flexibility index (Phi) is 8.77. The zero-order valence-electron chi connectivity index (χ0n) is 17.5. The maximum atomic E-state index is 11.8. The highest BCUT2D eigenvalue weighted by molar-refractivity contribution is 5.79. The molecule has 160 valence electrons. The van der Waals surface area contributed by atoms with E-state index < -0.39 is 0 Å². The van der Waals surface area contributed by atoms with Gasteiger partial charge < -0.3 is 25.0 Å². The molecule has 0 aromatic heterocycles. The molecule has 1 atom stereocenters. The number of amides is 1. The first kappa shape index (κ1) is 21.6. The number of hydrogen-bond donors (Lipinski definition) is 2. The van der Waals surface area contributed by atoms with Gasteiger partial charge in [0.2, 0.25) is 5.91 Å². The van der Waals surface area contributed by atoms with E-state index in [4.69, 9.17) is 14.5 Å². The minimum absolute atomic E-state index is 0.261. The Labute approximate surface area is 173 Å². The number of guanidine groups is 1. The van der Waals surface area contributed by atoms with Crippen LogP contribution >= 0.6 is 0 Å². The zero-order chi connectivity index (χ0) is 20.3. The summed E-state index contributed by atoms with van der Waals surface area (Å²) in [6, 6.07) is 8.36. The van der Waals surface area contributed by atoms with E-state index in [9.17, 15) is 4.79 Å². The molecule has 0 aliphatic carbocycles. The second-order valence-corrected chi connectivity index (χ2v) is 7.57. The molecule has 0 bridgehead atoms. The molecule has 2 aliphatic heterocycles. The standard InChI is InChI=1S/C22H34N4O3/c1-2-23-22(24-10-5-12-29-20-9-13-28-17-20)25-15-18-6-3-7-19(14-18)16-26-11-4-8-21(26)27/h3,6-7,14,20H,2,4-5,8-13,15-17H2,1H3,(H2,23,24,25). The molecular weight excluding hydrogens is 368 g/mol. The van der Waals surface area contributed by atoms with Crippen LogP contribution in [0.5, 0.6) is 0 Å². The minimum atomic E-state index is 0.261. The van der Waals surface area contributed by atoms with Crippen molar-refractivity contribution in [2.75, 3.05) is 39.5 Å². The molecule has 2 fully saturated rings. The molecule has 3 rings (SSSR count). The third-order valence-corrected chi connectivity index (χ3v) is 5.16. The summed E-state index contributed by atoms with van der Waals surface area (Å²) in [7, 11) is 0. The Balaban J connectivity index is 1.43. The summed E-state index contributed by atoms with van der Waals surface area (Å²) in [5.41, 5.74) is 2.31.